The quantitative estimate of drug-likeness (QED) is 0.691. The molecule has 0 aliphatic heterocycles. The summed E-state index contributed by atoms with van der Waals surface area (Å²) in [6, 6.07) is 12.7. The van der Waals surface area contributed by atoms with Crippen LogP contribution in [0.15, 0.2) is 48.7 Å². The van der Waals surface area contributed by atoms with E-state index in [2.05, 4.69) is 35.5 Å². The lowest BCUT2D eigenvalue weighted by Gasteiger charge is -2.20. The van der Waals surface area contributed by atoms with Crippen LogP contribution in [-0.2, 0) is 13.2 Å². The largest absolute Gasteiger partial charge is 0.473 e. The van der Waals surface area contributed by atoms with Crippen LogP contribution in [0.4, 0.5) is 4.39 Å². The second kappa shape index (κ2) is 7.01. The van der Waals surface area contributed by atoms with Gasteiger partial charge >= 0.3 is 0 Å². The molecular formula is C19H22FN3O. The highest BCUT2D eigenvalue weighted by Crippen LogP contribution is 2.19. The number of rotatable bonds is 6. The third-order valence-corrected chi connectivity index (χ3v) is 4.22. The predicted molar refractivity (Wildman–Crippen MR) is 93.6 cm³/mol. The van der Waals surface area contributed by atoms with E-state index in [1.807, 2.05) is 30.5 Å². The molecular weight excluding hydrogens is 305 g/mol. The molecule has 5 heteroatoms. The zero-order valence-corrected chi connectivity index (χ0v) is 14.2. The van der Waals surface area contributed by atoms with Crippen LogP contribution in [0.1, 0.15) is 12.5 Å². The summed E-state index contributed by atoms with van der Waals surface area (Å²) in [5.41, 5.74) is 2.77. The second-order valence-electron chi connectivity index (χ2n) is 6.25. The van der Waals surface area contributed by atoms with Crippen LogP contribution in [0, 0.1) is 5.82 Å². The van der Waals surface area contributed by atoms with Crippen LogP contribution in [0.2, 0.25) is 0 Å². The number of aromatic nitrogens is 2. The first-order chi connectivity index (χ1) is 11.5. The van der Waals surface area contributed by atoms with Crippen molar-refractivity contribution in [1.82, 2.24) is 14.5 Å². The molecule has 0 saturated carbocycles. The molecule has 0 N–H and O–H groups in total. The number of ether oxygens (including phenoxy) is 1. The second-order valence-corrected chi connectivity index (χ2v) is 6.25. The van der Waals surface area contributed by atoms with Crippen molar-refractivity contribution in [3.8, 4) is 5.88 Å². The summed E-state index contributed by atoms with van der Waals surface area (Å²) in [6.45, 7) is 3.39. The minimum Gasteiger partial charge on any atom is -0.473 e. The SMILES string of the molecule is C[C@H](Cn1ccc2nc(OCc3cccc(F)c3)ccc21)N(C)C. The predicted octanol–water partition coefficient (Wildman–Crippen LogP) is 3.70. The molecule has 3 aromatic rings. The van der Waals surface area contributed by atoms with E-state index < -0.39 is 0 Å². The number of fused-ring (bicyclic) bond motifs is 1. The average molecular weight is 327 g/mol. The van der Waals surface area contributed by atoms with Crippen molar-refractivity contribution in [3.63, 3.8) is 0 Å². The third kappa shape index (κ3) is 3.74. The lowest BCUT2D eigenvalue weighted by atomic mass is 10.2. The molecule has 0 fully saturated rings. The van der Waals surface area contributed by atoms with Gasteiger partial charge in [0.1, 0.15) is 12.4 Å². The minimum absolute atomic E-state index is 0.258. The van der Waals surface area contributed by atoms with Crippen molar-refractivity contribution >= 4 is 11.0 Å². The molecule has 126 valence electrons. The molecule has 0 radical (unpaired) electrons. The average Bonchev–Trinajstić information content (AvgIpc) is 2.95. The van der Waals surface area contributed by atoms with E-state index in [-0.39, 0.29) is 5.82 Å². The lowest BCUT2D eigenvalue weighted by molar-refractivity contribution is 0.286. The van der Waals surface area contributed by atoms with Crippen molar-refractivity contribution in [2.75, 3.05) is 14.1 Å². The molecule has 2 aromatic heterocycles. The van der Waals surface area contributed by atoms with Crippen LogP contribution >= 0.6 is 0 Å². The van der Waals surface area contributed by atoms with Crippen LogP contribution in [-0.4, -0.2) is 34.6 Å². The topological polar surface area (TPSA) is 30.3 Å². The zero-order chi connectivity index (χ0) is 17.1. The summed E-state index contributed by atoms with van der Waals surface area (Å²) in [6.07, 6.45) is 2.05. The van der Waals surface area contributed by atoms with E-state index in [0.717, 1.165) is 23.1 Å². The molecule has 0 amide bonds. The Bertz CT molecular complexity index is 828. The fraction of sp³-hybridized carbons (Fsp3) is 0.316. The molecule has 1 aromatic carbocycles. The number of hydrogen-bond donors (Lipinski definition) is 0. The van der Waals surface area contributed by atoms with Crippen molar-refractivity contribution in [1.29, 1.82) is 0 Å². The maximum atomic E-state index is 13.2. The lowest BCUT2D eigenvalue weighted by Crippen LogP contribution is -2.28. The van der Waals surface area contributed by atoms with E-state index >= 15 is 0 Å². The summed E-state index contributed by atoms with van der Waals surface area (Å²) in [7, 11) is 4.15. The molecule has 0 saturated heterocycles. The summed E-state index contributed by atoms with van der Waals surface area (Å²) < 4.78 is 21.1. The van der Waals surface area contributed by atoms with Gasteiger partial charge in [0.05, 0.1) is 11.0 Å². The molecule has 3 rings (SSSR count). The molecule has 4 nitrogen and oxygen atoms in total. The van der Waals surface area contributed by atoms with Crippen LogP contribution in [0.3, 0.4) is 0 Å². The van der Waals surface area contributed by atoms with Gasteiger partial charge in [-0.2, -0.15) is 0 Å². The number of halogens is 1. The van der Waals surface area contributed by atoms with Crippen molar-refractivity contribution in [2.24, 2.45) is 0 Å². The number of hydrogen-bond acceptors (Lipinski definition) is 3. The van der Waals surface area contributed by atoms with Crippen molar-refractivity contribution in [2.45, 2.75) is 26.1 Å². The molecule has 0 aliphatic rings. The first-order valence-corrected chi connectivity index (χ1v) is 8.02. The maximum absolute atomic E-state index is 13.2. The number of pyridine rings is 1. The molecule has 0 aliphatic carbocycles. The number of likely N-dealkylation sites (N-methyl/N-ethyl adjacent to an activating group) is 1. The molecule has 0 spiro atoms. The van der Waals surface area contributed by atoms with E-state index in [1.165, 1.54) is 12.1 Å². The van der Waals surface area contributed by atoms with E-state index in [0.29, 0.717) is 18.5 Å². The van der Waals surface area contributed by atoms with Gasteiger partial charge < -0.3 is 14.2 Å². The fourth-order valence-electron chi connectivity index (χ4n) is 2.53. The smallest absolute Gasteiger partial charge is 0.214 e. The molecule has 1 atom stereocenters. The highest BCUT2D eigenvalue weighted by molar-refractivity contribution is 5.76. The first kappa shape index (κ1) is 16.5. The Balaban J connectivity index is 1.72. The van der Waals surface area contributed by atoms with E-state index in [1.54, 1.807) is 6.07 Å². The Kier molecular flexibility index (Phi) is 4.81. The third-order valence-electron chi connectivity index (χ3n) is 4.22. The Morgan fingerprint density at radius 2 is 2.04 bits per heavy atom. The Labute approximate surface area is 141 Å². The summed E-state index contributed by atoms with van der Waals surface area (Å²) in [5.74, 6) is 0.289. The highest BCUT2D eigenvalue weighted by Gasteiger charge is 2.09. The molecule has 0 unspecified atom stereocenters. The fourth-order valence-corrected chi connectivity index (χ4v) is 2.53. The van der Waals surface area contributed by atoms with Crippen molar-refractivity contribution in [3.05, 3.63) is 60.0 Å². The van der Waals surface area contributed by atoms with Gasteiger partial charge in [-0.25, -0.2) is 9.37 Å². The summed E-state index contributed by atoms with van der Waals surface area (Å²) in [5, 5.41) is 0. The van der Waals surface area contributed by atoms with Crippen LogP contribution in [0.5, 0.6) is 5.88 Å². The number of benzene rings is 1. The summed E-state index contributed by atoms with van der Waals surface area (Å²) in [4.78, 5) is 6.73. The highest BCUT2D eigenvalue weighted by atomic mass is 19.1. The molecule has 0 bridgehead atoms. The monoisotopic (exact) mass is 327 g/mol. The first-order valence-electron chi connectivity index (χ1n) is 8.02. The Morgan fingerprint density at radius 1 is 1.21 bits per heavy atom. The van der Waals surface area contributed by atoms with Crippen molar-refractivity contribution < 1.29 is 9.13 Å². The number of nitrogens with zero attached hydrogens (tertiary/aromatic N) is 3. The Hall–Kier alpha value is -2.40. The Morgan fingerprint density at radius 3 is 2.79 bits per heavy atom. The maximum Gasteiger partial charge on any atom is 0.214 e. The van der Waals surface area contributed by atoms with E-state index in [4.69, 9.17) is 4.74 Å². The van der Waals surface area contributed by atoms with Gasteiger partial charge in [-0.15, -0.1) is 0 Å². The standard InChI is InChI=1S/C19H22FN3O/c1-14(22(2)3)12-23-10-9-17-18(23)7-8-19(21-17)24-13-15-5-4-6-16(20)11-15/h4-11,14H,12-13H2,1-3H3/t14-/m1/s1. The molecule has 2 heterocycles. The van der Waals surface area contributed by atoms with Gasteiger partial charge in [-0.1, -0.05) is 12.1 Å². The van der Waals surface area contributed by atoms with Gasteiger partial charge in [0, 0.05) is 24.8 Å². The van der Waals surface area contributed by atoms with Gasteiger partial charge in [0.25, 0.3) is 0 Å². The normalized spacial score (nSPS) is 12.7. The van der Waals surface area contributed by atoms with Crippen LogP contribution < -0.4 is 4.74 Å². The zero-order valence-electron chi connectivity index (χ0n) is 14.2. The van der Waals surface area contributed by atoms with Gasteiger partial charge in [-0.3, -0.25) is 0 Å². The van der Waals surface area contributed by atoms with Crippen LogP contribution in [0.25, 0.3) is 11.0 Å². The van der Waals surface area contributed by atoms with Gasteiger partial charge in [-0.05, 0) is 50.8 Å². The summed E-state index contributed by atoms with van der Waals surface area (Å²) >= 11 is 0. The minimum atomic E-state index is -0.258. The van der Waals surface area contributed by atoms with Gasteiger partial charge in [0.2, 0.25) is 5.88 Å². The van der Waals surface area contributed by atoms with Gasteiger partial charge in [0.15, 0.2) is 0 Å². The molecule has 24 heavy (non-hydrogen) atoms. The van der Waals surface area contributed by atoms with E-state index in [9.17, 15) is 4.39 Å².